The van der Waals surface area contributed by atoms with Crippen LogP contribution in [0.2, 0.25) is 0 Å². The van der Waals surface area contributed by atoms with E-state index in [-0.39, 0.29) is 17.9 Å². The van der Waals surface area contributed by atoms with Crippen molar-refractivity contribution >= 4 is 23.0 Å². The molecule has 0 aliphatic heterocycles. The van der Waals surface area contributed by atoms with E-state index in [9.17, 15) is 4.79 Å². The van der Waals surface area contributed by atoms with Crippen LogP contribution in [0.1, 0.15) is 25.7 Å². The summed E-state index contributed by atoms with van der Waals surface area (Å²) in [6, 6.07) is 7.62. The fourth-order valence-corrected chi connectivity index (χ4v) is 3.46. The van der Waals surface area contributed by atoms with Gasteiger partial charge >= 0.3 is 0 Å². The van der Waals surface area contributed by atoms with E-state index >= 15 is 0 Å². The average molecular weight is 367 g/mol. The van der Waals surface area contributed by atoms with Gasteiger partial charge in [0.15, 0.2) is 11.2 Å². The first-order chi connectivity index (χ1) is 13.1. The highest BCUT2D eigenvalue weighted by Crippen LogP contribution is 2.26. The van der Waals surface area contributed by atoms with Gasteiger partial charge in [0.25, 0.3) is 0 Å². The second kappa shape index (κ2) is 7.18. The van der Waals surface area contributed by atoms with Gasteiger partial charge in [-0.2, -0.15) is 9.67 Å². The lowest BCUT2D eigenvalue weighted by Gasteiger charge is -2.27. The first-order valence-corrected chi connectivity index (χ1v) is 8.93. The van der Waals surface area contributed by atoms with Gasteiger partial charge in [-0.3, -0.25) is 4.79 Å². The van der Waals surface area contributed by atoms with E-state index in [1.165, 1.54) is 0 Å². The lowest BCUT2D eigenvalue weighted by Crippen LogP contribution is -2.34. The van der Waals surface area contributed by atoms with Crippen molar-refractivity contribution in [1.82, 2.24) is 25.0 Å². The summed E-state index contributed by atoms with van der Waals surface area (Å²) >= 11 is 0. The molecule has 4 rings (SSSR count). The van der Waals surface area contributed by atoms with Gasteiger partial charge in [0, 0.05) is 12.0 Å². The summed E-state index contributed by atoms with van der Waals surface area (Å²) in [5.41, 5.74) is 7.51. The van der Waals surface area contributed by atoms with E-state index in [2.05, 4.69) is 25.6 Å². The number of benzene rings is 1. The fourth-order valence-electron chi connectivity index (χ4n) is 3.46. The number of nitrogens with two attached hydrogens (primary N) is 1. The minimum Gasteiger partial charge on any atom is -0.497 e. The second-order valence-corrected chi connectivity index (χ2v) is 6.71. The molecular formula is C18H21N7O2. The Balaban J connectivity index is 1.59. The van der Waals surface area contributed by atoms with Crippen LogP contribution in [0.5, 0.6) is 5.75 Å². The maximum Gasteiger partial charge on any atom is 0.225 e. The lowest BCUT2D eigenvalue weighted by molar-refractivity contribution is -0.122. The Morgan fingerprint density at radius 3 is 2.85 bits per heavy atom. The topological polar surface area (TPSA) is 121 Å². The van der Waals surface area contributed by atoms with E-state index in [0.717, 1.165) is 30.7 Å². The number of hydrogen-bond donors (Lipinski definition) is 2. The van der Waals surface area contributed by atoms with Crippen LogP contribution in [0.15, 0.2) is 30.5 Å². The SMILES string of the molecule is COc1ccc(-n2nnc3cnc(N[C@@H]4CCC[C@@H](C(N)=O)C4)nc32)cc1. The standard InChI is InChI=1S/C18H21N7O2/c1-27-14-7-5-13(6-8-14)25-17-15(23-24-25)10-20-18(22-17)21-12-4-2-3-11(9-12)16(19)26/h5-8,10-12H,2-4,9H2,1H3,(H2,19,26)(H,20,21,22)/t11-,12-/m1/s1. The molecule has 2 atom stereocenters. The summed E-state index contributed by atoms with van der Waals surface area (Å²) in [5.74, 6) is 0.933. The molecule has 0 radical (unpaired) electrons. The summed E-state index contributed by atoms with van der Waals surface area (Å²) in [6.45, 7) is 0. The molecule has 0 spiro atoms. The van der Waals surface area contributed by atoms with Crippen LogP contribution in [0.25, 0.3) is 16.9 Å². The van der Waals surface area contributed by atoms with Crippen LogP contribution in [-0.2, 0) is 4.79 Å². The van der Waals surface area contributed by atoms with Crippen molar-refractivity contribution in [2.45, 2.75) is 31.7 Å². The van der Waals surface area contributed by atoms with Crippen molar-refractivity contribution in [3.63, 3.8) is 0 Å². The number of aromatic nitrogens is 5. The van der Waals surface area contributed by atoms with E-state index in [4.69, 9.17) is 10.5 Å². The number of nitrogens with one attached hydrogen (secondary N) is 1. The molecule has 1 fully saturated rings. The zero-order valence-corrected chi connectivity index (χ0v) is 15.0. The van der Waals surface area contributed by atoms with Crippen molar-refractivity contribution in [2.75, 3.05) is 12.4 Å². The van der Waals surface area contributed by atoms with Crippen LogP contribution in [0.3, 0.4) is 0 Å². The van der Waals surface area contributed by atoms with E-state index in [0.29, 0.717) is 23.5 Å². The highest BCUT2D eigenvalue weighted by Gasteiger charge is 2.26. The molecule has 2 aromatic heterocycles. The first-order valence-electron chi connectivity index (χ1n) is 8.93. The summed E-state index contributed by atoms with van der Waals surface area (Å²) in [4.78, 5) is 20.4. The van der Waals surface area contributed by atoms with Crippen molar-refractivity contribution in [3.05, 3.63) is 30.5 Å². The van der Waals surface area contributed by atoms with Gasteiger partial charge in [0.2, 0.25) is 11.9 Å². The van der Waals surface area contributed by atoms with Gasteiger partial charge < -0.3 is 15.8 Å². The summed E-state index contributed by atoms with van der Waals surface area (Å²) < 4.78 is 6.85. The van der Waals surface area contributed by atoms with Crippen molar-refractivity contribution < 1.29 is 9.53 Å². The molecule has 140 valence electrons. The number of carbonyl (C=O) groups excluding carboxylic acids is 1. The first kappa shape index (κ1) is 17.2. The van der Waals surface area contributed by atoms with Crippen LogP contribution in [0.4, 0.5) is 5.95 Å². The van der Waals surface area contributed by atoms with E-state index < -0.39 is 0 Å². The Kier molecular flexibility index (Phi) is 4.57. The quantitative estimate of drug-likeness (QED) is 0.703. The van der Waals surface area contributed by atoms with Crippen molar-refractivity contribution in [3.8, 4) is 11.4 Å². The Labute approximate surface area is 155 Å². The van der Waals surface area contributed by atoms with Gasteiger partial charge in [0.05, 0.1) is 19.0 Å². The number of amides is 1. The molecule has 0 bridgehead atoms. The normalized spacial score (nSPS) is 19.7. The summed E-state index contributed by atoms with van der Waals surface area (Å²) in [6.07, 6.45) is 5.11. The Bertz CT molecular complexity index is 954. The molecule has 27 heavy (non-hydrogen) atoms. The number of fused-ring (bicyclic) bond motifs is 1. The number of anilines is 1. The Hall–Kier alpha value is -3.23. The smallest absolute Gasteiger partial charge is 0.225 e. The Morgan fingerprint density at radius 1 is 1.30 bits per heavy atom. The van der Waals surface area contributed by atoms with Gasteiger partial charge in [-0.05, 0) is 43.5 Å². The molecule has 1 amide bonds. The monoisotopic (exact) mass is 367 g/mol. The third kappa shape index (κ3) is 3.53. The number of methoxy groups -OCH3 is 1. The van der Waals surface area contributed by atoms with Gasteiger partial charge in [-0.1, -0.05) is 11.6 Å². The van der Waals surface area contributed by atoms with Crippen molar-refractivity contribution in [1.29, 1.82) is 0 Å². The van der Waals surface area contributed by atoms with Crippen LogP contribution in [0, 0.1) is 5.92 Å². The molecule has 3 N–H and O–H groups in total. The molecule has 1 aliphatic rings. The number of primary amides is 1. The highest BCUT2D eigenvalue weighted by molar-refractivity contribution is 5.77. The largest absolute Gasteiger partial charge is 0.497 e. The Morgan fingerprint density at radius 2 is 2.11 bits per heavy atom. The molecule has 0 saturated heterocycles. The zero-order chi connectivity index (χ0) is 18.8. The number of rotatable bonds is 5. The minimum atomic E-state index is -0.236. The van der Waals surface area contributed by atoms with E-state index in [1.807, 2.05) is 24.3 Å². The van der Waals surface area contributed by atoms with Gasteiger partial charge in [0.1, 0.15) is 5.75 Å². The molecule has 1 saturated carbocycles. The van der Waals surface area contributed by atoms with Crippen LogP contribution < -0.4 is 15.8 Å². The molecule has 1 aliphatic carbocycles. The molecule has 9 nitrogen and oxygen atoms in total. The van der Waals surface area contributed by atoms with Crippen LogP contribution in [-0.4, -0.2) is 44.0 Å². The molecule has 2 heterocycles. The van der Waals surface area contributed by atoms with E-state index in [1.54, 1.807) is 18.0 Å². The second-order valence-electron chi connectivity index (χ2n) is 6.71. The maximum atomic E-state index is 11.5. The molecule has 0 unspecified atom stereocenters. The average Bonchev–Trinajstić information content (AvgIpc) is 3.11. The number of hydrogen-bond acceptors (Lipinski definition) is 7. The number of ether oxygens (including phenoxy) is 1. The maximum absolute atomic E-state index is 11.5. The molecule has 9 heteroatoms. The molecule has 1 aromatic carbocycles. The summed E-state index contributed by atoms with van der Waals surface area (Å²) in [5, 5.41) is 11.6. The third-order valence-electron chi connectivity index (χ3n) is 4.92. The minimum absolute atomic E-state index is 0.0912. The van der Waals surface area contributed by atoms with Gasteiger partial charge in [-0.15, -0.1) is 5.10 Å². The number of nitrogens with zero attached hydrogens (tertiary/aromatic N) is 5. The summed E-state index contributed by atoms with van der Waals surface area (Å²) in [7, 11) is 1.62. The third-order valence-corrected chi connectivity index (χ3v) is 4.92. The fraction of sp³-hybridized carbons (Fsp3) is 0.389. The lowest BCUT2D eigenvalue weighted by atomic mass is 9.85. The predicted octanol–water partition coefficient (Wildman–Crippen LogP) is 1.68. The van der Waals surface area contributed by atoms with Gasteiger partial charge in [-0.25, -0.2) is 4.98 Å². The molecule has 3 aromatic rings. The zero-order valence-electron chi connectivity index (χ0n) is 15.0. The molecular weight excluding hydrogens is 346 g/mol. The number of carbonyl (C=O) groups is 1. The van der Waals surface area contributed by atoms with Crippen molar-refractivity contribution in [2.24, 2.45) is 11.7 Å². The van der Waals surface area contributed by atoms with Crippen LogP contribution >= 0.6 is 0 Å². The highest BCUT2D eigenvalue weighted by atomic mass is 16.5. The predicted molar refractivity (Wildman–Crippen MR) is 99.6 cm³/mol.